The summed E-state index contributed by atoms with van der Waals surface area (Å²) in [5.74, 6) is 0.428. The van der Waals surface area contributed by atoms with Gasteiger partial charge >= 0.3 is 6.03 Å². The number of nitrogens with zero attached hydrogens (tertiary/aromatic N) is 4. The van der Waals surface area contributed by atoms with Crippen LogP contribution in [0.3, 0.4) is 0 Å². The summed E-state index contributed by atoms with van der Waals surface area (Å²) in [6.45, 7) is 6.67. The highest BCUT2D eigenvalue weighted by molar-refractivity contribution is 5.73. The number of nitrogens with one attached hydrogen (secondary N) is 1. The molecule has 0 radical (unpaired) electrons. The maximum atomic E-state index is 12.5. The molecule has 2 fully saturated rings. The van der Waals surface area contributed by atoms with Crippen LogP contribution in [0.1, 0.15) is 50.6 Å². The summed E-state index contributed by atoms with van der Waals surface area (Å²) in [5, 5.41) is 7.43. The summed E-state index contributed by atoms with van der Waals surface area (Å²) >= 11 is 0. The Kier molecular flexibility index (Phi) is 7.13. The third kappa shape index (κ3) is 5.23. The minimum absolute atomic E-state index is 0.0200. The smallest absolute Gasteiger partial charge is 0.317 e. The molecule has 0 bridgehead atoms. The lowest BCUT2D eigenvalue weighted by Gasteiger charge is -2.42. The Bertz CT molecular complexity index is 599. The molecule has 27 heavy (non-hydrogen) atoms. The van der Waals surface area contributed by atoms with E-state index in [9.17, 15) is 4.79 Å². The van der Waals surface area contributed by atoms with Gasteiger partial charge < -0.3 is 15.0 Å². The van der Waals surface area contributed by atoms with Gasteiger partial charge in [-0.1, -0.05) is 6.92 Å². The molecule has 0 aliphatic carbocycles. The van der Waals surface area contributed by atoms with Crippen molar-refractivity contribution >= 4 is 6.03 Å². The van der Waals surface area contributed by atoms with Crippen molar-refractivity contribution in [3.05, 3.63) is 18.0 Å². The topological polar surface area (TPSA) is 62.6 Å². The zero-order chi connectivity index (χ0) is 19.2. The Labute approximate surface area is 163 Å². The largest absolute Gasteiger partial charge is 0.378 e. The Morgan fingerprint density at radius 3 is 2.93 bits per heavy atom. The van der Waals surface area contributed by atoms with Crippen molar-refractivity contribution in [2.24, 2.45) is 13.0 Å². The van der Waals surface area contributed by atoms with Gasteiger partial charge in [0.2, 0.25) is 0 Å². The first-order chi connectivity index (χ1) is 13.1. The molecule has 1 aromatic rings. The average molecular weight is 378 g/mol. The van der Waals surface area contributed by atoms with Gasteiger partial charge in [-0.15, -0.1) is 0 Å². The predicted octanol–water partition coefficient (Wildman–Crippen LogP) is 2.40. The molecule has 3 rings (SSSR count). The standard InChI is InChI=1S/C20H35N5O2/c1-4-25-11-5-7-16(19(25)17-13-22-24(3)15-17)14-23(2)20(26)21-10-9-18-8-6-12-27-18/h13,15-16,18-19H,4-12,14H2,1-3H3,(H,21,26)/t16-,18+,19+/m0/s1. The number of carbonyl (C=O) groups is 1. The Balaban J connectivity index is 1.55. The third-order valence-corrected chi connectivity index (χ3v) is 5.95. The van der Waals surface area contributed by atoms with Crippen LogP contribution in [0.25, 0.3) is 0 Å². The molecule has 2 amide bonds. The fourth-order valence-electron chi connectivity index (χ4n) is 4.56. The monoisotopic (exact) mass is 377 g/mol. The van der Waals surface area contributed by atoms with E-state index in [1.807, 2.05) is 29.9 Å². The first-order valence-electron chi connectivity index (χ1n) is 10.4. The third-order valence-electron chi connectivity index (χ3n) is 5.95. The molecular formula is C20H35N5O2. The predicted molar refractivity (Wildman–Crippen MR) is 106 cm³/mol. The number of amides is 2. The lowest BCUT2D eigenvalue weighted by atomic mass is 9.85. The summed E-state index contributed by atoms with van der Waals surface area (Å²) in [6, 6.07) is 0.353. The number of piperidine rings is 1. The van der Waals surface area contributed by atoms with Gasteiger partial charge in [0.1, 0.15) is 0 Å². The molecule has 3 atom stereocenters. The minimum Gasteiger partial charge on any atom is -0.378 e. The van der Waals surface area contributed by atoms with Crippen LogP contribution in [-0.4, -0.2) is 71.5 Å². The van der Waals surface area contributed by atoms with Crippen LogP contribution >= 0.6 is 0 Å². The van der Waals surface area contributed by atoms with Gasteiger partial charge in [-0.3, -0.25) is 9.58 Å². The van der Waals surface area contributed by atoms with Crippen molar-refractivity contribution in [3.8, 4) is 0 Å². The van der Waals surface area contributed by atoms with E-state index < -0.39 is 0 Å². The zero-order valence-electron chi connectivity index (χ0n) is 17.1. The van der Waals surface area contributed by atoms with Crippen LogP contribution in [0.5, 0.6) is 0 Å². The number of hydrogen-bond donors (Lipinski definition) is 1. The second-order valence-electron chi connectivity index (χ2n) is 7.96. The van der Waals surface area contributed by atoms with Crippen LogP contribution in [0.2, 0.25) is 0 Å². The maximum absolute atomic E-state index is 12.5. The van der Waals surface area contributed by atoms with E-state index in [1.165, 1.54) is 12.0 Å². The molecule has 1 N–H and O–H groups in total. The molecule has 2 aliphatic heterocycles. The van der Waals surface area contributed by atoms with E-state index in [0.717, 1.165) is 51.9 Å². The number of likely N-dealkylation sites (tertiary alicyclic amines) is 1. The lowest BCUT2D eigenvalue weighted by molar-refractivity contribution is 0.0808. The number of carbonyl (C=O) groups excluding carboxylic acids is 1. The van der Waals surface area contributed by atoms with Gasteiger partial charge in [-0.2, -0.15) is 5.10 Å². The highest BCUT2D eigenvalue weighted by Gasteiger charge is 2.34. The summed E-state index contributed by atoms with van der Waals surface area (Å²) in [6.07, 6.45) is 9.91. The van der Waals surface area contributed by atoms with Crippen molar-refractivity contribution < 1.29 is 9.53 Å². The van der Waals surface area contributed by atoms with Crippen LogP contribution < -0.4 is 5.32 Å². The molecule has 2 saturated heterocycles. The van der Waals surface area contributed by atoms with Gasteiger partial charge in [0.25, 0.3) is 0 Å². The fourth-order valence-corrected chi connectivity index (χ4v) is 4.56. The van der Waals surface area contributed by atoms with Gasteiger partial charge in [0.15, 0.2) is 0 Å². The Morgan fingerprint density at radius 1 is 1.41 bits per heavy atom. The van der Waals surface area contributed by atoms with Gasteiger partial charge in [-0.25, -0.2) is 4.79 Å². The molecule has 7 heteroatoms. The summed E-state index contributed by atoms with van der Waals surface area (Å²) < 4.78 is 7.50. The summed E-state index contributed by atoms with van der Waals surface area (Å²) in [4.78, 5) is 16.9. The first kappa shape index (κ1) is 20.1. The van der Waals surface area contributed by atoms with E-state index in [2.05, 4.69) is 28.4 Å². The number of rotatable bonds is 7. The first-order valence-corrected chi connectivity index (χ1v) is 10.4. The minimum atomic E-state index is 0.0200. The molecule has 0 saturated carbocycles. The molecule has 7 nitrogen and oxygen atoms in total. The van der Waals surface area contributed by atoms with Crippen LogP contribution in [0.15, 0.2) is 12.4 Å². The van der Waals surface area contributed by atoms with Crippen molar-refractivity contribution in [1.82, 2.24) is 24.9 Å². The quantitative estimate of drug-likeness (QED) is 0.793. The highest BCUT2D eigenvalue weighted by Crippen LogP contribution is 2.36. The molecule has 0 spiro atoms. The van der Waals surface area contributed by atoms with Crippen LogP contribution in [0, 0.1) is 5.92 Å². The van der Waals surface area contributed by atoms with Crippen molar-refractivity contribution in [2.75, 3.05) is 39.8 Å². The normalized spacial score (nSPS) is 26.3. The second-order valence-corrected chi connectivity index (χ2v) is 7.96. The zero-order valence-corrected chi connectivity index (χ0v) is 17.1. The van der Waals surface area contributed by atoms with E-state index in [-0.39, 0.29) is 6.03 Å². The second kappa shape index (κ2) is 9.55. The van der Waals surface area contributed by atoms with Crippen LogP contribution in [0.4, 0.5) is 4.79 Å². The average Bonchev–Trinajstić information content (AvgIpc) is 3.33. The van der Waals surface area contributed by atoms with Gasteiger partial charge in [-0.05, 0) is 51.1 Å². The Morgan fingerprint density at radius 2 is 2.26 bits per heavy atom. The van der Waals surface area contributed by atoms with E-state index in [0.29, 0.717) is 24.6 Å². The van der Waals surface area contributed by atoms with Crippen molar-refractivity contribution in [3.63, 3.8) is 0 Å². The van der Waals surface area contributed by atoms with E-state index >= 15 is 0 Å². The van der Waals surface area contributed by atoms with Gasteiger partial charge in [0, 0.05) is 51.6 Å². The van der Waals surface area contributed by atoms with E-state index in [4.69, 9.17) is 4.74 Å². The Hall–Kier alpha value is -1.60. The molecule has 152 valence electrons. The number of aromatic nitrogens is 2. The number of aryl methyl sites for hydroxylation is 1. The molecule has 1 aromatic heterocycles. The molecule has 0 aromatic carbocycles. The molecule has 3 heterocycles. The highest BCUT2D eigenvalue weighted by atomic mass is 16.5. The number of ether oxygens (including phenoxy) is 1. The van der Waals surface area contributed by atoms with E-state index in [1.54, 1.807) is 0 Å². The molecular weight excluding hydrogens is 342 g/mol. The number of urea groups is 1. The van der Waals surface area contributed by atoms with Crippen molar-refractivity contribution in [2.45, 2.75) is 51.2 Å². The maximum Gasteiger partial charge on any atom is 0.317 e. The van der Waals surface area contributed by atoms with Gasteiger partial charge in [0.05, 0.1) is 12.3 Å². The molecule has 2 aliphatic rings. The SMILES string of the molecule is CCN1CCC[C@@H](CN(C)C(=O)NCC[C@H]2CCCO2)[C@@H]1c1cnn(C)c1. The summed E-state index contributed by atoms with van der Waals surface area (Å²) in [5.41, 5.74) is 1.26. The molecule has 0 unspecified atom stereocenters. The lowest BCUT2D eigenvalue weighted by Crippen LogP contribution is -2.46. The fraction of sp³-hybridized carbons (Fsp3) is 0.800. The van der Waals surface area contributed by atoms with Crippen molar-refractivity contribution in [1.29, 1.82) is 0 Å². The van der Waals surface area contributed by atoms with Crippen LogP contribution in [-0.2, 0) is 11.8 Å². The number of hydrogen-bond acceptors (Lipinski definition) is 4. The summed E-state index contributed by atoms with van der Waals surface area (Å²) in [7, 11) is 3.87.